The minimum atomic E-state index is -0.0383. The van der Waals surface area contributed by atoms with Crippen LogP contribution in [0.15, 0.2) is 65.2 Å². The Labute approximate surface area is 149 Å². The first-order valence-electron chi connectivity index (χ1n) is 7.35. The third-order valence-corrected chi connectivity index (χ3v) is 4.44. The van der Waals surface area contributed by atoms with Crippen molar-refractivity contribution >= 4 is 35.0 Å². The molecule has 0 aliphatic carbocycles. The maximum atomic E-state index is 11.9. The van der Waals surface area contributed by atoms with Gasteiger partial charge in [0.2, 0.25) is 5.91 Å². The van der Waals surface area contributed by atoms with E-state index in [4.69, 9.17) is 16.1 Å². The second-order valence-electron chi connectivity index (χ2n) is 5.09. The summed E-state index contributed by atoms with van der Waals surface area (Å²) in [6, 6.07) is 18.7. The number of para-hydroxylation sites is 1. The predicted molar refractivity (Wildman–Crippen MR) is 98.2 cm³/mol. The summed E-state index contributed by atoms with van der Waals surface area (Å²) in [4.78, 5) is 11.9. The number of benzene rings is 2. The highest BCUT2D eigenvalue weighted by Gasteiger charge is 2.08. The molecule has 6 heteroatoms. The Bertz CT molecular complexity index is 803. The molecule has 122 valence electrons. The van der Waals surface area contributed by atoms with Crippen LogP contribution in [-0.4, -0.2) is 16.8 Å². The Kier molecular flexibility index (Phi) is 5.56. The van der Waals surface area contributed by atoms with Crippen LogP contribution >= 0.6 is 23.4 Å². The number of carbonyl (C=O) groups excluding carboxylic acids is 1. The summed E-state index contributed by atoms with van der Waals surface area (Å²) < 4.78 is 5.31. The molecule has 0 fully saturated rings. The third-order valence-electron chi connectivity index (χ3n) is 3.23. The predicted octanol–water partition coefficient (Wildman–Crippen LogP) is 4.87. The highest BCUT2D eigenvalue weighted by atomic mass is 35.5. The fourth-order valence-corrected chi connectivity index (χ4v) is 2.92. The quantitative estimate of drug-likeness (QED) is 0.683. The van der Waals surface area contributed by atoms with Crippen LogP contribution in [0, 0.1) is 0 Å². The van der Waals surface area contributed by atoms with E-state index in [1.165, 1.54) is 11.8 Å². The van der Waals surface area contributed by atoms with E-state index < -0.39 is 0 Å². The van der Waals surface area contributed by atoms with Crippen molar-refractivity contribution in [2.24, 2.45) is 0 Å². The van der Waals surface area contributed by atoms with Gasteiger partial charge in [-0.1, -0.05) is 47.1 Å². The van der Waals surface area contributed by atoms with E-state index in [-0.39, 0.29) is 5.91 Å². The number of nitrogens with one attached hydrogen (secondary N) is 1. The molecule has 0 atom stereocenters. The number of aromatic nitrogens is 1. The summed E-state index contributed by atoms with van der Waals surface area (Å²) >= 11 is 7.35. The summed E-state index contributed by atoms with van der Waals surface area (Å²) in [5.74, 6) is 1.63. The zero-order valence-electron chi connectivity index (χ0n) is 12.7. The van der Waals surface area contributed by atoms with Gasteiger partial charge < -0.3 is 9.84 Å². The van der Waals surface area contributed by atoms with Gasteiger partial charge in [0.25, 0.3) is 0 Å². The summed E-state index contributed by atoms with van der Waals surface area (Å²) in [6.07, 6.45) is 0. The van der Waals surface area contributed by atoms with Gasteiger partial charge in [0.1, 0.15) is 11.5 Å². The van der Waals surface area contributed by atoms with Crippen molar-refractivity contribution in [3.63, 3.8) is 0 Å². The van der Waals surface area contributed by atoms with Crippen LogP contribution in [0.2, 0.25) is 5.02 Å². The molecule has 3 aromatic rings. The number of halogens is 1. The van der Waals surface area contributed by atoms with Gasteiger partial charge in [0, 0.05) is 22.3 Å². The van der Waals surface area contributed by atoms with Crippen molar-refractivity contribution in [3.8, 4) is 11.3 Å². The van der Waals surface area contributed by atoms with Gasteiger partial charge in [-0.3, -0.25) is 4.79 Å². The molecule has 1 aromatic heterocycles. The zero-order valence-corrected chi connectivity index (χ0v) is 14.3. The molecule has 0 saturated heterocycles. The van der Waals surface area contributed by atoms with E-state index in [1.54, 1.807) is 0 Å². The van der Waals surface area contributed by atoms with E-state index >= 15 is 0 Å². The molecule has 4 nitrogen and oxygen atoms in total. The molecule has 1 amide bonds. The van der Waals surface area contributed by atoms with Crippen LogP contribution in [0.3, 0.4) is 0 Å². The summed E-state index contributed by atoms with van der Waals surface area (Å²) in [6.45, 7) is 0. The molecule has 0 spiro atoms. The Hall–Kier alpha value is -2.24. The maximum Gasteiger partial charge on any atom is 0.234 e. The van der Waals surface area contributed by atoms with Crippen LogP contribution in [0.25, 0.3) is 11.3 Å². The van der Waals surface area contributed by atoms with Gasteiger partial charge in [0.15, 0.2) is 0 Å². The average Bonchev–Trinajstić information content (AvgIpc) is 3.05. The van der Waals surface area contributed by atoms with Gasteiger partial charge >= 0.3 is 0 Å². The molecule has 3 rings (SSSR count). The molecule has 1 heterocycles. The third kappa shape index (κ3) is 4.63. The topological polar surface area (TPSA) is 55.1 Å². The molecule has 0 saturated carbocycles. The summed E-state index contributed by atoms with van der Waals surface area (Å²) in [5, 5.41) is 7.58. The lowest BCUT2D eigenvalue weighted by molar-refractivity contribution is -0.113. The number of hydrogen-bond acceptors (Lipinski definition) is 4. The Morgan fingerprint density at radius 2 is 1.88 bits per heavy atom. The fraction of sp³-hybridized carbons (Fsp3) is 0.111. The Morgan fingerprint density at radius 1 is 1.12 bits per heavy atom. The fourth-order valence-electron chi connectivity index (χ4n) is 2.10. The lowest BCUT2D eigenvalue weighted by atomic mass is 10.1. The molecular weight excluding hydrogens is 344 g/mol. The van der Waals surface area contributed by atoms with E-state index in [1.807, 2.05) is 60.7 Å². The van der Waals surface area contributed by atoms with Gasteiger partial charge in [0.05, 0.1) is 11.5 Å². The van der Waals surface area contributed by atoms with Crippen LogP contribution in [0.1, 0.15) is 5.76 Å². The minimum Gasteiger partial charge on any atom is -0.360 e. The highest BCUT2D eigenvalue weighted by molar-refractivity contribution is 7.99. The van der Waals surface area contributed by atoms with Crippen LogP contribution in [0.4, 0.5) is 5.69 Å². The molecule has 1 N–H and O–H groups in total. The lowest BCUT2D eigenvalue weighted by Gasteiger charge is -2.03. The normalized spacial score (nSPS) is 10.5. The number of rotatable bonds is 6. The number of carbonyl (C=O) groups is 1. The monoisotopic (exact) mass is 358 g/mol. The van der Waals surface area contributed by atoms with E-state index in [9.17, 15) is 4.79 Å². The highest BCUT2D eigenvalue weighted by Crippen LogP contribution is 2.23. The van der Waals surface area contributed by atoms with Gasteiger partial charge in [-0.2, -0.15) is 0 Å². The van der Waals surface area contributed by atoms with E-state index in [2.05, 4.69) is 10.5 Å². The smallest absolute Gasteiger partial charge is 0.234 e. The summed E-state index contributed by atoms with van der Waals surface area (Å²) in [5.41, 5.74) is 2.50. The number of amides is 1. The van der Waals surface area contributed by atoms with Crippen molar-refractivity contribution in [1.29, 1.82) is 0 Å². The van der Waals surface area contributed by atoms with E-state index in [0.717, 1.165) is 22.7 Å². The molecule has 0 unspecified atom stereocenters. The largest absolute Gasteiger partial charge is 0.360 e. The van der Waals surface area contributed by atoms with Gasteiger partial charge in [-0.05, 0) is 24.3 Å². The van der Waals surface area contributed by atoms with Crippen molar-refractivity contribution in [1.82, 2.24) is 5.16 Å². The first-order valence-corrected chi connectivity index (χ1v) is 8.88. The Balaban J connectivity index is 1.49. The van der Waals surface area contributed by atoms with Gasteiger partial charge in [-0.15, -0.1) is 11.8 Å². The SMILES string of the molecule is O=C(CSCc1cc(-c2ccc(Cl)cc2)no1)Nc1ccccc1. The van der Waals surface area contributed by atoms with Crippen LogP contribution < -0.4 is 5.32 Å². The first kappa shape index (κ1) is 16.6. The standard InChI is InChI=1S/C18H15ClN2O2S/c19-14-8-6-13(7-9-14)17-10-16(23-21-17)11-24-12-18(22)20-15-4-2-1-3-5-15/h1-10H,11-12H2,(H,20,22). The second kappa shape index (κ2) is 8.04. The number of nitrogens with zero attached hydrogens (tertiary/aromatic N) is 1. The van der Waals surface area contributed by atoms with Crippen molar-refractivity contribution in [2.75, 3.05) is 11.1 Å². The number of anilines is 1. The first-order chi connectivity index (χ1) is 11.7. The molecule has 0 aliphatic rings. The minimum absolute atomic E-state index is 0.0383. The number of thioether (sulfide) groups is 1. The average molecular weight is 359 g/mol. The number of hydrogen-bond donors (Lipinski definition) is 1. The molecule has 0 radical (unpaired) electrons. The van der Waals surface area contributed by atoms with Crippen molar-refractivity contribution in [2.45, 2.75) is 5.75 Å². The van der Waals surface area contributed by atoms with E-state index in [0.29, 0.717) is 16.5 Å². The molecule has 24 heavy (non-hydrogen) atoms. The second-order valence-corrected chi connectivity index (χ2v) is 6.51. The molecular formula is C18H15ClN2O2S. The molecule has 0 bridgehead atoms. The summed E-state index contributed by atoms with van der Waals surface area (Å²) in [7, 11) is 0. The molecule has 0 aliphatic heterocycles. The zero-order chi connectivity index (χ0) is 16.8. The Morgan fingerprint density at radius 3 is 2.62 bits per heavy atom. The lowest BCUT2D eigenvalue weighted by Crippen LogP contribution is -2.13. The van der Waals surface area contributed by atoms with Crippen LogP contribution in [0.5, 0.6) is 0 Å². The van der Waals surface area contributed by atoms with Crippen molar-refractivity contribution in [3.05, 3.63) is 71.4 Å². The maximum absolute atomic E-state index is 11.9. The van der Waals surface area contributed by atoms with Crippen LogP contribution in [-0.2, 0) is 10.5 Å². The molecule has 2 aromatic carbocycles. The van der Waals surface area contributed by atoms with Gasteiger partial charge in [-0.25, -0.2) is 0 Å². The van der Waals surface area contributed by atoms with Crippen molar-refractivity contribution < 1.29 is 9.32 Å².